The minimum Gasteiger partial charge on any atom is -0.490 e. The largest absolute Gasteiger partial charge is 0.490 e. The molecule has 0 unspecified atom stereocenters. The van der Waals surface area contributed by atoms with Gasteiger partial charge in [-0.25, -0.2) is 9.79 Å². The van der Waals surface area contributed by atoms with Crippen LogP contribution in [0.1, 0.15) is 57.4 Å². The Bertz CT molecular complexity index is 1510. The lowest BCUT2D eigenvalue weighted by molar-refractivity contribution is -0.136. The van der Waals surface area contributed by atoms with Crippen molar-refractivity contribution in [1.82, 2.24) is 4.57 Å². The van der Waals surface area contributed by atoms with Gasteiger partial charge in [0, 0.05) is 6.20 Å². The van der Waals surface area contributed by atoms with Crippen molar-refractivity contribution >= 4 is 23.4 Å². The molecule has 0 amide bonds. The van der Waals surface area contributed by atoms with Gasteiger partial charge >= 0.3 is 5.97 Å². The van der Waals surface area contributed by atoms with Gasteiger partial charge in [-0.1, -0.05) is 62.4 Å². The lowest BCUT2D eigenvalue weighted by Crippen LogP contribution is -2.39. The molecule has 3 aromatic rings. The summed E-state index contributed by atoms with van der Waals surface area (Å²) in [5, 5.41) is 0. The summed E-state index contributed by atoms with van der Waals surface area (Å²) < 4.78 is 18.6. The SMILES string of the molecule is CCOc1ccc([C@@H]2C(C(=O)OC)=CN=c3s/c(=C\c4ccc(C(C)(C)C)cc4)c(=O)n32)cc1OCC. The first-order chi connectivity index (χ1) is 17.7. The summed E-state index contributed by atoms with van der Waals surface area (Å²) in [5.41, 5.74) is 2.91. The summed E-state index contributed by atoms with van der Waals surface area (Å²) in [6.07, 6.45) is 3.35. The molecule has 37 heavy (non-hydrogen) atoms. The number of benzene rings is 2. The molecule has 0 bridgehead atoms. The minimum atomic E-state index is -0.719. The van der Waals surface area contributed by atoms with E-state index in [2.05, 4.69) is 37.9 Å². The summed E-state index contributed by atoms with van der Waals surface area (Å²) in [6.45, 7) is 11.2. The van der Waals surface area contributed by atoms with Crippen LogP contribution < -0.4 is 24.4 Å². The zero-order valence-corrected chi connectivity index (χ0v) is 22.8. The number of fused-ring (bicyclic) bond motifs is 1. The number of carbonyl (C=O) groups is 1. The molecular weight excluding hydrogens is 488 g/mol. The number of nitrogens with zero attached hydrogens (tertiary/aromatic N) is 2. The van der Waals surface area contributed by atoms with Crippen LogP contribution >= 0.6 is 11.3 Å². The number of hydrogen-bond acceptors (Lipinski definition) is 7. The van der Waals surface area contributed by atoms with Crippen LogP contribution in [0, 0.1) is 0 Å². The van der Waals surface area contributed by atoms with Crippen LogP contribution in [0.3, 0.4) is 0 Å². The van der Waals surface area contributed by atoms with Crippen molar-refractivity contribution in [1.29, 1.82) is 0 Å². The Hall–Kier alpha value is -3.65. The number of aromatic nitrogens is 1. The van der Waals surface area contributed by atoms with Crippen molar-refractivity contribution in [2.45, 2.75) is 46.1 Å². The first kappa shape index (κ1) is 26.4. The lowest BCUT2D eigenvalue weighted by Gasteiger charge is -2.23. The summed E-state index contributed by atoms with van der Waals surface area (Å²) in [7, 11) is 1.32. The monoisotopic (exact) mass is 520 g/mol. The van der Waals surface area contributed by atoms with E-state index in [1.54, 1.807) is 10.6 Å². The second-order valence-electron chi connectivity index (χ2n) is 9.62. The summed E-state index contributed by atoms with van der Waals surface area (Å²) in [4.78, 5) is 31.4. The third kappa shape index (κ3) is 5.39. The van der Waals surface area contributed by atoms with E-state index in [4.69, 9.17) is 14.2 Å². The average molecular weight is 521 g/mol. The average Bonchev–Trinajstić information content (AvgIpc) is 3.19. The maximum atomic E-state index is 13.7. The maximum Gasteiger partial charge on any atom is 0.337 e. The van der Waals surface area contributed by atoms with E-state index in [-0.39, 0.29) is 16.5 Å². The number of thiazole rings is 1. The van der Waals surface area contributed by atoms with Crippen LogP contribution in [0.5, 0.6) is 11.5 Å². The molecule has 0 saturated heterocycles. The van der Waals surface area contributed by atoms with Gasteiger partial charge < -0.3 is 14.2 Å². The van der Waals surface area contributed by atoms with Gasteiger partial charge in [-0.15, -0.1) is 0 Å². The molecule has 1 atom stereocenters. The Morgan fingerprint density at radius 3 is 2.35 bits per heavy atom. The van der Waals surface area contributed by atoms with Gasteiger partial charge in [0.2, 0.25) is 0 Å². The lowest BCUT2D eigenvalue weighted by atomic mass is 9.87. The highest BCUT2D eigenvalue weighted by Gasteiger charge is 2.31. The van der Waals surface area contributed by atoms with Crippen LogP contribution in [0.2, 0.25) is 0 Å². The van der Waals surface area contributed by atoms with Crippen LogP contribution in [0.4, 0.5) is 0 Å². The fraction of sp³-hybridized carbons (Fsp3) is 0.345. The van der Waals surface area contributed by atoms with Crippen LogP contribution in [0.15, 0.2) is 64.0 Å². The molecule has 194 valence electrons. The molecule has 2 heterocycles. The number of carbonyl (C=O) groups excluding carboxylic acids is 1. The topological polar surface area (TPSA) is 79.1 Å². The van der Waals surface area contributed by atoms with Gasteiger partial charge in [0.1, 0.15) is 0 Å². The van der Waals surface area contributed by atoms with E-state index in [0.717, 1.165) is 5.56 Å². The van der Waals surface area contributed by atoms with Crippen molar-refractivity contribution in [3.05, 3.63) is 90.6 Å². The third-order valence-electron chi connectivity index (χ3n) is 6.08. The van der Waals surface area contributed by atoms with Crippen molar-refractivity contribution in [2.75, 3.05) is 20.3 Å². The van der Waals surface area contributed by atoms with E-state index in [1.165, 1.54) is 30.2 Å². The summed E-state index contributed by atoms with van der Waals surface area (Å²) >= 11 is 1.29. The second kappa shape index (κ2) is 10.8. The molecule has 0 aliphatic carbocycles. The molecule has 0 radical (unpaired) electrons. The molecule has 7 nitrogen and oxygen atoms in total. The molecule has 1 aliphatic rings. The molecule has 0 saturated carbocycles. The van der Waals surface area contributed by atoms with Gasteiger partial charge in [0.05, 0.1) is 36.5 Å². The van der Waals surface area contributed by atoms with E-state index in [1.807, 2.05) is 44.2 Å². The first-order valence-electron chi connectivity index (χ1n) is 12.3. The summed E-state index contributed by atoms with van der Waals surface area (Å²) in [5.74, 6) is 0.597. The minimum absolute atomic E-state index is 0.0419. The Balaban J connectivity index is 1.86. The van der Waals surface area contributed by atoms with Crippen molar-refractivity contribution in [3.8, 4) is 11.5 Å². The van der Waals surface area contributed by atoms with Crippen molar-refractivity contribution < 1.29 is 19.0 Å². The highest BCUT2D eigenvalue weighted by atomic mass is 32.1. The quantitative estimate of drug-likeness (QED) is 0.438. The number of esters is 1. The van der Waals surface area contributed by atoms with Crippen LogP contribution in [0.25, 0.3) is 6.08 Å². The molecule has 1 aromatic heterocycles. The molecule has 2 aromatic carbocycles. The van der Waals surface area contributed by atoms with Gasteiger partial charge in [-0.2, -0.15) is 0 Å². The fourth-order valence-corrected chi connectivity index (χ4v) is 5.19. The van der Waals surface area contributed by atoms with Gasteiger partial charge in [-0.05, 0) is 54.2 Å². The predicted octanol–water partition coefficient (Wildman–Crippen LogP) is 4.11. The van der Waals surface area contributed by atoms with Crippen molar-refractivity contribution in [2.24, 2.45) is 4.99 Å². The number of ether oxygens (including phenoxy) is 3. The molecular formula is C29H32N2O5S. The second-order valence-corrected chi connectivity index (χ2v) is 10.6. The van der Waals surface area contributed by atoms with E-state index in [0.29, 0.717) is 39.6 Å². The van der Waals surface area contributed by atoms with Gasteiger partial charge in [-0.3, -0.25) is 9.36 Å². The molecule has 4 rings (SSSR count). The number of hydrogen-bond donors (Lipinski definition) is 0. The predicted molar refractivity (Wildman–Crippen MR) is 145 cm³/mol. The van der Waals surface area contributed by atoms with Crippen molar-refractivity contribution in [3.63, 3.8) is 0 Å². The molecule has 0 fully saturated rings. The molecule has 0 spiro atoms. The molecule has 0 N–H and O–H groups in total. The zero-order valence-electron chi connectivity index (χ0n) is 22.0. The number of rotatable bonds is 7. The molecule has 1 aliphatic heterocycles. The Kier molecular flexibility index (Phi) is 7.68. The first-order valence-corrected chi connectivity index (χ1v) is 13.1. The Labute approximate surface area is 220 Å². The van der Waals surface area contributed by atoms with Crippen LogP contribution in [-0.2, 0) is 14.9 Å². The van der Waals surface area contributed by atoms with E-state index < -0.39 is 12.0 Å². The smallest absolute Gasteiger partial charge is 0.337 e. The normalized spacial score (nSPS) is 15.5. The zero-order chi connectivity index (χ0) is 26.7. The third-order valence-corrected chi connectivity index (χ3v) is 7.08. The Morgan fingerprint density at radius 1 is 1.05 bits per heavy atom. The van der Waals surface area contributed by atoms with E-state index in [9.17, 15) is 9.59 Å². The highest BCUT2D eigenvalue weighted by molar-refractivity contribution is 7.07. The maximum absolute atomic E-state index is 13.7. The van der Waals surface area contributed by atoms with Gasteiger partial charge in [0.15, 0.2) is 16.3 Å². The fourth-order valence-electron chi connectivity index (χ4n) is 4.22. The number of methoxy groups -OCH3 is 1. The Morgan fingerprint density at radius 2 is 1.73 bits per heavy atom. The van der Waals surface area contributed by atoms with E-state index >= 15 is 0 Å². The molecule has 8 heteroatoms. The summed E-state index contributed by atoms with van der Waals surface area (Å²) in [6, 6.07) is 12.9. The van der Waals surface area contributed by atoms with Crippen LogP contribution in [-0.4, -0.2) is 30.9 Å². The highest BCUT2D eigenvalue weighted by Crippen LogP contribution is 2.35. The van der Waals surface area contributed by atoms with Gasteiger partial charge in [0.25, 0.3) is 5.56 Å². The standard InChI is InChI=1S/C29H32N2O5S/c1-7-35-22-14-11-19(16-23(22)36-8-2)25-21(27(33)34-6)17-30-28-31(25)26(32)24(37-28)15-18-9-12-20(13-10-18)29(3,4)5/h9-17,25H,7-8H2,1-6H3/b24-15-/t25-/m1/s1.